The molecule has 4 nitrogen and oxygen atoms in total. The highest BCUT2D eigenvalue weighted by Crippen LogP contribution is 2.29. The van der Waals surface area contributed by atoms with E-state index in [1.807, 2.05) is 0 Å². The van der Waals surface area contributed by atoms with Gasteiger partial charge in [0.15, 0.2) is 0 Å². The number of hydrogen-bond donors (Lipinski definition) is 0. The quantitative estimate of drug-likeness (QED) is 0.479. The van der Waals surface area contributed by atoms with Gasteiger partial charge in [0, 0.05) is 0 Å². The number of nitro groups is 1. The fraction of sp³-hybridized carbons (Fsp3) is 0.286. The largest absolute Gasteiger partial charge is 0.301 e. The monoisotopic (exact) mass is 314 g/mol. The molecule has 0 amide bonds. The van der Waals surface area contributed by atoms with Gasteiger partial charge in [0.25, 0.3) is 6.43 Å². The van der Waals surface area contributed by atoms with Crippen molar-refractivity contribution in [2.75, 3.05) is 0 Å². The first-order valence-corrected chi connectivity index (χ1v) is 4.60. The lowest BCUT2D eigenvalue weighted by atomic mass is 10.2. The van der Waals surface area contributed by atoms with E-state index in [-0.39, 0.29) is 14.8 Å². The van der Waals surface area contributed by atoms with Crippen LogP contribution in [0.4, 0.5) is 14.5 Å². The van der Waals surface area contributed by atoms with E-state index in [0.717, 1.165) is 6.20 Å². The Balaban J connectivity index is 3.33. The third-order valence-corrected chi connectivity index (χ3v) is 3.03. The van der Waals surface area contributed by atoms with Gasteiger partial charge in [0.1, 0.15) is 11.9 Å². The zero-order valence-electron chi connectivity index (χ0n) is 7.00. The van der Waals surface area contributed by atoms with E-state index in [0.29, 0.717) is 0 Å². The number of hydrogen-bond acceptors (Lipinski definition) is 3. The topological polar surface area (TPSA) is 56.0 Å². The minimum Gasteiger partial charge on any atom is -0.258 e. The van der Waals surface area contributed by atoms with Gasteiger partial charge in [0.05, 0.1) is 8.49 Å². The van der Waals surface area contributed by atoms with Crippen LogP contribution in [0, 0.1) is 20.6 Å². The second kappa shape index (κ2) is 4.11. The lowest BCUT2D eigenvalue weighted by Crippen LogP contribution is -2.01. The normalized spacial score (nSPS) is 10.6. The summed E-state index contributed by atoms with van der Waals surface area (Å²) in [5.74, 6) is 0. The predicted molar refractivity (Wildman–Crippen MR) is 53.3 cm³/mol. The molecule has 1 rings (SSSR count). The Morgan fingerprint density at radius 1 is 1.64 bits per heavy atom. The van der Waals surface area contributed by atoms with E-state index < -0.39 is 17.0 Å². The molecule has 0 saturated heterocycles. The molecule has 0 saturated carbocycles. The minimum absolute atomic E-state index is 0.162. The molecule has 0 unspecified atom stereocenters. The Morgan fingerprint density at radius 3 is 2.64 bits per heavy atom. The van der Waals surface area contributed by atoms with Crippen molar-refractivity contribution in [2.45, 2.75) is 13.3 Å². The van der Waals surface area contributed by atoms with Crippen LogP contribution in [0.1, 0.15) is 17.7 Å². The second-order valence-electron chi connectivity index (χ2n) is 2.53. The summed E-state index contributed by atoms with van der Waals surface area (Å²) in [6.45, 7) is 1.39. The average Bonchev–Trinajstić information content (AvgIpc) is 2.08. The number of alkyl halides is 2. The second-order valence-corrected chi connectivity index (χ2v) is 3.60. The molecule has 1 heterocycles. The lowest BCUT2D eigenvalue weighted by Gasteiger charge is -2.05. The highest BCUT2D eigenvalue weighted by Gasteiger charge is 2.21. The van der Waals surface area contributed by atoms with Crippen molar-refractivity contribution in [3.8, 4) is 0 Å². The molecule has 0 aromatic carbocycles. The van der Waals surface area contributed by atoms with E-state index in [9.17, 15) is 18.9 Å². The molecule has 0 aliphatic rings. The Hall–Kier alpha value is -0.860. The van der Waals surface area contributed by atoms with Crippen molar-refractivity contribution in [3.63, 3.8) is 0 Å². The Labute approximate surface area is 91.6 Å². The molecular formula is C7H5F2IN2O2. The Kier molecular flexibility index (Phi) is 3.29. The average molecular weight is 314 g/mol. The van der Waals surface area contributed by atoms with Gasteiger partial charge in [-0.25, -0.2) is 13.8 Å². The molecule has 0 N–H and O–H groups in total. The lowest BCUT2D eigenvalue weighted by molar-refractivity contribution is -0.386. The van der Waals surface area contributed by atoms with Gasteiger partial charge < -0.3 is 0 Å². The minimum atomic E-state index is -2.70. The van der Waals surface area contributed by atoms with Crippen LogP contribution in [0.15, 0.2) is 6.20 Å². The van der Waals surface area contributed by atoms with E-state index in [1.165, 1.54) is 6.92 Å². The van der Waals surface area contributed by atoms with Gasteiger partial charge in [-0.1, -0.05) is 0 Å². The molecule has 1 aromatic heterocycles. The summed E-state index contributed by atoms with van der Waals surface area (Å²) in [4.78, 5) is 13.1. The standard InChI is InChI=1S/C7H5F2IN2O2/c1-3-5(10)4(12(13)14)2-11-6(3)7(8)9/h2,7H,1H3. The van der Waals surface area contributed by atoms with Gasteiger partial charge in [-0.15, -0.1) is 0 Å². The number of nitrogens with zero attached hydrogens (tertiary/aromatic N) is 2. The van der Waals surface area contributed by atoms with Gasteiger partial charge in [-0.05, 0) is 35.1 Å². The van der Waals surface area contributed by atoms with Crippen LogP contribution >= 0.6 is 22.6 Å². The molecule has 0 bridgehead atoms. The maximum Gasteiger partial charge on any atom is 0.301 e. The first-order chi connectivity index (χ1) is 6.45. The van der Waals surface area contributed by atoms with Crippen LogP contribution in [-0.2, 0) is 0 Å². The van der Waals surface area contributed by atoms with Crippen LogP contribution in [-0.4, -0.2) is 9.91 Å². The van der Waals surface area contributed by atoms with E-state index in [1.54, 1.807) is 22.6 Å². The zero-order chi connectivity index (χ0) is 10.9. The van der Waals surface area contributed by atoms with Crippen LogP contribution in [0.3, 0.4) is 0 Å². The van der Waals surface area contributed by atoms with Crippen molar-refractivity contribution in [1.82, 2.24) is 4.98 Å². The summed E-state index contributed by atoms with van der Waals surface area (Å²) in [7, 11) is 0. The molecule has 0 spiro atoms. The van der Waals surface area contributed by atoms with Gasteiger partial charge in [-0.2, -0.15) is 0 Å². The highest BCUT2D eigenvalue weighted by atomic mass is 127. The molecule has 0 aliphatic heterocycles. The Bertz CT molecular complexity index is 384. The van der Waals surface area contributed by atoms with Crippen LogP contribution in [0.2, 0.25) is 0 Å². The smallest absolute Gasteiger partial charge is 0.258 e. The molecule has 0 radical (unpaired) electrons. The molecule has 7 heteroatoms. The van der Waals surface area contributed by atoms with Crippen molar-refractivity contribution in [2.24, 2.45) is 0 Å². The fourth-order valence-electron chi connectivity index (χ4n) is 0.936. The summed E-state index contributed by atoms with van der Waals surface area (Å²) in [5.41, 5.74) is -0.484. The maximum absolute atomic E-state index is 12.3. The first-order valence-electron chi connectivity index (χ1n) is 3.52. The van der Waals surface area contributed by atoms with Crippen molar-refractivity contribution in [3.05, 3.63) is 31.1 Å². The number of halogens is 3. The summed E-state index contributed by atoms with van der Waals surface area (Å²) in [5, 5.41) is 10.4. The van der Waals surface area contributed by atoms with Gasteiger partial charge in [-0.3, -0.25) is 10.1 Å². The molecule has 0 atom stereocenters. The van der Waals surface area contributed by atoms with Crippen LogP contribution < -0.4 is 0 Å². The molecular weight excluding hydrogens is 309 g/mol. The van der Waals surface area contributed by atoms with Crippen LogP contribution in [0.5, 0.6) is 0 Å². The summed E-state index contributed by atoms with van der Waals surface area (Å²) in [6.07, 6.45) is -1.85. The van der Waals surface area contributed by atoms with Gasteiger partial charge in [0.2, 0.25) is 0 Å². The number of pyridine rings is 1. The van der Waals surface area contributed by atoms with Crippen molar-refractivity contribution in [1.29, 1.82) is 0 Å². The zero-order valence-corrected chi connectivity index (χ0v) is 9.16. The summed E-state index contributed by atoms with van der Waals surface area (Å²) < 4.78 is 24.8. The number of rotatable bonds is 2. The van der Waals surface area contributed by atoms with Crippen molar-refractivity contribution >= 4 is 28.3 Å². The highest BCUT2D eigenvalue weighted by molar-refractivity contribution is 14.1. The third kappa shape index (κ3) is 1.97. The molecule has 0 fully saturated rings. The number of aromatic nitrogens is 1. The first kappa shape index (κ1) is 11.2. The summed E-state index contributed by atoms with van der Waals surface area (Å²) >= 11 is 1.66. The Morgan fingerprint density at radius 2 is 2.21 bits per heavy atom. The molecule has 76 valence electrons. The SMILES string of the molecule is Cc1c(C(F)F)ncc([N+](=O)[O-])c1I. The molecule has 0 aliphatic carbocycles. The van der Waals surface area contributed by atoms with E-state index >= 15 is 0 Å². The van der Waals surface area contributed by atoms with Crippen molar-refractivity contribution < 1.29 is 13.7 Å². The molecule has 14 heavy (non-hydrogen) atoms. The maximum atomic E-state index is 12.3. The van der Waals surface area contributed by atoms with Gasteiger partial charge >= 0.3 is 5.69 Å². The van der Waals surface area contributed by atoms with E-state index in [2.05, 4.69) is 4.98 Å². The molecule has 1 aromatic rings. The van der Waals surface area contributed by atoms with E-state index in [4.69, 9.17) is 0 Å². The summed E-state index contributed by atoms with van der Waals surface area (Å²) in [6, 6.07) is 0. The van der Waals surface area contributed by atoms with Crippen LogP contribution in [0.25, 0.3) is 0 Å². The predicted octanol–water partition coefficient (Wildman–Crippen LogP) is 2.84. The fourth-order valence-corrected chi connectivity index (χ4v) is 1.55. The third-order valence-electron chi connectivity index (χ3n) is 1.67.